The molecule has 3 aromatic rings. The number of nitrogens with zero attached hydrogens (tertiary/aromatic N) is 1. The summed E-state index contributed by atoms with van der Waals surface area (Å²) in [6.07, 6.45) is 1.63. The number of hydrogen-bond donors (Lipinski definition) is 0. The highest BCUT2D eigenvalue weighted by Crippen LogP contribution is 2.38. The summed E-state index contributed by atoms with van der Waals surface area (Å²) in [5, 5.41) is 2.68. The Morgan fingerprint density at radius 2 is 1.73 bits per heavy atom. The topological polar surface area (TPSA) is 46.6 Å². The molecule has 0 unspecified atom stereocenters. The van der Waals surface area contributed by atoms with Gasteiger partial charge in [0.05, 0.1) is 34.0 Å². The number of anilines is 1. The van der Waals surface area contributed by atoms with Crippen LogP contribution in [0.4, 0.5) is 5.69 Å². The standard InChI is InChI=1S/C24H17Cl2NO3/c1-14-22(24(29)30-2)18(12-15-10-11-19(25)20(26)13-15)23(28)27(14)21-9-5-7-16-6-3-4-8-17(16)21/h3-13H,1-2H3/b18-12-. The first-order valence-electron chi connectivity index (χ1n) is 9.21. The second-order valence-electron chi connectivity index (χ2n) is 6.82. The molecule has 0 spiro atoms. The molecule has 0 aliphatic carbocycles. The minimum atomic E-state index is -0.574. The molecule has 3 aromatic carbocycles. The van der Waals surface area contributed by atoms with Crippen LogP contribution in [0.5, 0.6) is 0 Å². The first-order valence-corrected chi connectivity index (χ1v) is 9.96. The summed E-state index contributed by atoms with van der Waals surface area (Å²) in [6.45, 7) is 1.74. The zero-order valence-corrected chi connectivity index (χ0v) is 17.8. The Morgan fingerprint density at radius 3 is 2.47 bits per heavy atom. The van der Waals surface area contributed by atoms with E-state index < -0.39 is 5.97 Å². The number of allylic oxidation sites excluding steroid dienone is 1. The second kappa shape index (κ2) is 7.98. The Morgan fingerprint density at radius 1 is 1.00 bits per heavy atom. The number of fused-ring (bicyclic) bond motifs is 1. The number of ether oxygens (including phenoxy) is 1. The van der Waals surface area contributed by atoms with Crippen molar-refractivity contribution in [2.75, 3.05) is 12.0 Å². The normalized spacial score (nSPS) is 15.4. The lowest BCUT2D eigenvalue weighted by molar-refractivity contribution is -0.136. The van der Waals surface area contributed by atoms with Crippen LogP contribution in [0.2, 0.25) is 10.0 Å². The van der Waals surface area contributed by atoms with E-state index in [-0.39, 0.29) is 17.1 Å². The summed E-state index contributed by atoms with van der Waals surface area (Å²) in [5.74, 6) is -0.884. The molecule has 4 rings (SSSR count). The maximum atomic E-state index is 13.5. The van der Waals surface area contributed by atoms with Gasteiger partial charge in [-0.1, -0.05) is 65.7 Å². The van der Waals surface area contributed by atoms with E-state index >= 15 is 0 Å². The number of amides is 1. The van der Waals surface area contributed by atoms with Crippen LogP contribution in [-0.2, 0) is 14.3 Å². The number of carbonyl (C=O) groups excluding carboxylic acids is 2. The molecule has 0 fully saturated rings. The van der Waals surface area contributed by atoms with E-state index in [9.17, 15) is 9.59 Å². The van der Waals surface area contributed by atoms with Crippen molar-refractivity contribution in [3.05, 3.63) is 93.1 Å². The summed E-state index contributed by atoms with van der Waals surface area (Å²) in [5.41, 5.74) is 2.33. The summed E-state index contributed by atoms with van der Waals surface area (Å²) < 4.78 is 4.97. The molecule has 30 heavy (non-hydrogen) atoms. The fourth-order valence-corrected chi connectivity index (χ4v) is 3.95. The van der Waals surface area contributed by atoms with Gasteiger partial charge < -0.3 is 4.74 Å². The van der Waals surface area contributed by atoms with Gasteiger partial charge in [0.25, 0.3) is 5.91 Å². The average Bonchev–Trinajstić information content (AvgIpc) is 2.99. The third-order valence-corrected chi connectivity index (χ3v) is 5.79. The highest BCUT2D eigenvalue weighted by atomic mass is 35.5. The van der Waals surface area contributed by atoms with Gasteiger partial charge in [-0.05, 0) is 42.1 Å². The lowest BCUT2D eigenvalue weighted by Gasteiger charge is -2.20. The van der Waals surface area contributed by atoms with Gasteiger partial charge in [-0.3, -0.25) is 9.69 Å². The van der Waals surface area contributed by atoms with Crippen molar-refractivity contribution in [2.45, 2.75) is 6.92 Å². The molecular weight excluding hydrogens is 421 g/mol. The zero-order valence-electron chi connectivity index (χ0n) is 16.3. The summed E-state index contributed by atoms with van der Waals surface area (Å²) >= 11 is 12.1. The van der Waals surface area contributed by atoms with Crippen LogP contribution in [0.25, 0.3) is 16.8 Å². The number of carbonyl (C=O) groups is 2. The van der Waals surface area contributed by atoms with E-state index in [1.807, 2.05) is 42.5 Å². The Kier molecular flexibility index (Phi) is 5.37. The van der Waals surface area contributed by atoms with Crippen molar-refractivity contribution in [3.8, 4) is 0 Å². The smallest absolute Gasteiger partial charge is 0.340 e. The molecule has 0 N–H and O–H groups in total. The van der Waals surface area contributed by atoms with Gasteiger partial charge in [0, 0.05) is 11.1 Å². The fourth-order valence-electron chi connectivity index (χ4n) is 3.64. The monoisotopic (exact) mass is 437 g/mol. The summed E-state index contributed by atoms with van der Waals surface area (Å²) in [4.78, 5) is 27.6. The van der Waals surface area contributed by atoms with Gasteiger partial charge >= 0.3 is 5.97 Å². The molecule has 1 aliphatic rings. The molecule has 0 aromatic heterocycles. The van der Waals surface area contributed by atoms with Gasteiger partial charge in [-0.25, -0.2) is 4.79 Å². The van der Waals surface area contributed by atoms with Crippen molar-refractivity contribution in [1.29, 1.82) is 0 Å². The molecule has 0 atom stereocenters. The fraction of sp³-hybridized carbons (Fsp3) is 0.0833. The predicted molar refractivity (Wildman–Crippen MR) is 121 cm³/mol. The highest BCUT2D eigenvalue weighted by molar-refractivity contribution is 6.42. The van der Waals surface area contributed by atoms with Crippen LogP contribution >= 0.6 is 23.2 Å². The van der Waals surface area contributed by atoms with Gasteiger partial charge in [0.1, 0.15) is 0 Å². The molecule has 0 saturated carbocycles. The first-order chi connectivity index (χ1) is 14.4. The van der Waals surface area contributed by atoms with E-state index in [1.54, 1.807) is 36.1 Å². The molecule has 4 nitrogen and oxygen atoms in total. The van der Waals surface area contributed by atoms with Crippen molar-refractivity contribution >= 4 is 57.6 Å². The minimum absolute atomic E-state index is 0.224. The van der Waals surface area contributed by atoms with E-state index in [1.165, 1.54) is 7.11 Å². The lowest BCUT2D eigenvalue weighted by Crippen LogP contribution is -2.24. The van der Waals surface area contributed by atoms with Crippen molar-refractivity contribution in [1.82, 2.24) is 0 Å². The predicted octanol–water partition coefficient (Wildman–Crippen LogP) is 6.02. The number of esters is 1. The molecule has 0 radical (unpaired) electrons. The third-order valence-electron chi connectivity index (χ3n) is 5.05. The zero-order chi connectivity index (χ0) is 21.4. The van der Waals surface area contributed by atoms with Crippen LogP contribution in [0, 0.1) is 0 Å². The number of halogens is 2. The molecular formula is C24H17Cl2NO3. The van der Waals surface area contributed by atoms with Crippen molar-refractivity contribution in [2.24, 2.45) is 0 Å². The minimum Gasteiger partial charge on any atom is -0.465 e. The first kappa shape index (κ1) is 20.2. The van der Waals surface area contributed by atoms with E-state index in [2.05, 4.69) is 0 Å². The maximum absolute atomic E-state index is 13.5. The van der Waals surface area contributed by atoms with Crippen molar-refractivity contribution in [3.63, 3.8) is 0 Å². The molecule has 150 valence electrons. The molecule has 1 amide bonds. The molecule has 0 bridgehead atoms. The summed E-state index contributed by atoms with van der Waals surface area (Å²) in [7, 11) is 1.30. The van der Waals surface area contributed by atoms with Gasteiger partial charge in [-0.15, -0.1) is 0 Å². The average molecular weight is 438 g/mol. The second-order valence-corrected chi connectivity index (χ2v) is 7.64. The Balaban J connectivity index is 1.91. The largest absolute Gasteiger partial charge is 0.465 e. The number of benzene rings is 3. The number of hydrogen-bond acceptors (Lipinski definition) is 3. The third kappa shape index (κ3) is 3.38. The molecule has 1 aliphatic heterocycles. The quantitative estimate of drug-likeness (QED) is 0.371. The lowest BCUT2D eigenvalue weighted by atomic mass is 10.0. The van der Waals surface area contributed by atoms with Crippen LogP contribution in [0.15, 0.2) is 77.5 Å². The summed E-state index contributed by atoms with van der Waals surface area (Å²) in [6, 6.07) is 18.5. The van der Waals surface area contributed by atoms with E-state index in [0.717, 1.165) is 10.8 Å². The van der Waals surface area contributed by atoms with Crippen LogP contribution < -0.4 is 4.90 Å². The SMILES string of the molecule is COC(=O)C1=C(C)N(c2cccc3ccccc23)C(=O)/C1=C\c1ccc(Cl)c(Cl)c1. The van der Waals surface area contributed by atoms with E-state index in [0.29, 0.717) is 27.0 Å². The van der Waals surface area contributed by atoms with Gasteiger partial charge in [0.2, 0.25) is 0 Å². The van der Waals surface area contributed by atoms with Gasteiger partial charge in [0.15, 0.2) is 0 Å². The van der Waals surface area contributed by atoms with Crippen LogP contribution in [-0.4, -0.2) is 19.0 Å². The Bertz CT molecular complexity index is 1260. The Hall–Kier alpha value is -3.08. The van der Waals surface area contributed by atoms with Crippen molar-refractivity contribution < 1.29 is 14.3 Å². The van der Waals surface area contributed by atoms with Gasteiger partial charge in [-0.2, -0.15) is 0 Å². The Labute approximate surface area is 184 Å². The highest BCUT2D eigenvalue weighted by Gasteiger charge is 2.38. The van der Waals surface area contributed by atoms with Crippen LogP contribution in [0.1, 0.15) is 12.5 Å². The molecule has 0 saturated heterocycles. The maximum Gasteiger partial charge on any atom is 0.340 e. The molecule has 1 heterocycles. The van der Waals surface area contributed by atoms with E-state index in [4.69, 9.17) is 27.9 Å². The molecule has 6 heteroatoms. The number of rotatable bonds is 3. The van der Waals surface area contributed by atoms with Crippen LogP contribution in [0.3, 0.4) is 0 Å². The number of methoxy groups -OCH3 is 1.